The quantitative estimate of drug-likeness (QED) is 0.0509. The third-order valence-electron chi connectivity index (χ3n) is 11.2. The van der Waals surface area contributed by atoms with E-state index in [1.807, 2.05) is 19.9 Å². The number of alkyl halides is 1. The van der Waals surface area contributed by atoms with E-state index in [1.54, 1.807) is 19.9 Å². The van der Waals surface area contributed by atoms with Crippen LogP contribution in [-0.2, 0) is 43.0 Å². The fourth-order valence-corrected chi connectivity index (χ4v) is 9.26. The lowest BCUT2D eigenvalue weighted by molar-refractivity contribution is -0.757. The minimum absolute atomic E-state index is 0.0121. The number of rotatable bonds is 14. The van der Waals surface area contributed by atoms with Crippen LogP contribution in [0.1, 0.15) is 79.1 Å². The lowest BCUT2D eigenvalue weighted by Gasteiger charge is -2.63. The van der Waals surface area contributed by atoms with Crippen molar-refractivity contribution in [1.82, 2.24) is 0 Å². The van der Waals surface area contributed by atoms with Crippen LogP contribution in [0.15, 0.2) is 23.8 Å². The zero-order chi connectivity index (χ0) is 35.7. The van der Waals surface area contributed by atoms with Crippen LogP contribution in [0, 0.1) is 38.7 Å². The number of carbonyl (C=O) groups excluding carboxylic acids is 5. The fourth-order valence-electron chi connectivity index (χ4n) is 8.76. The Labute approximate surface area is 283 Å². The molecular weight excluding hydrogens is 652 g/mol. The molecule has 1 unspecified atom stereocenters. The van der Waals surface area contributed by atoms with E-state index in [2.05, 4.69) is 4.84 Å². The van der Waals surface area contributed by atoms with Gasteiger partial charge in [0.15, 0.2) is 18.0 Å². The van der Waals surface area contributed by atoms with Crippen LogP contribution in [0.25, 0.3) is 0 Å². The number of fused-ring (bicyclic) bond motifs is 5. The van der Waals surface area contributed by atoms with Crippen molar-refractivity contribution in [2.24, 2.45) is 34.3 Å². The van der Waals surface area contributed by atoms with Crippen molar-refractivity contribution in [3.8, 4) is 0 Å². The number of halogens is 1. The smallest absolute Gasteiger partial charge is 0.323 e. The van der Waals surface area contributed by atoms with Crippen molar-refractivity contribution in [2.45, 2.75) is 102 Å². The monoisotopic (exact) mass is 696 g/mol. The molecule has 0 aliphatic heterocycles. The summed E-state index contributed by atoms with van der Waals surface area (Å²) >= 11 is 7.52. The molecule has 4 aliphatic carbocycles. The Balaban J connectivity index is 1.49. The van der Waals surface area contributed by atoms with Crippen molar-refractivity contribution >= 4 is 41.1 Å². The summed E-state index contributed by atoms with van der Waals surface area (Å²) in [6.07, 6.45) is 5.19. The molecule has 9 atom stereocenters. The molecular formula is C33H45ClN2O12. The Bertz CT molecular complexity index is 1400. The summed E-state index contributed by atoms with van der Waals surface area (Å²) in [4.78, 5) is 77.6. The molecule has 48 heavy (non-hydrogen) atoms. The molecule has 0 radical (unpaired) electrons. The first-order valence-electron chi connectivity index (χ1n) is 16.4. The number of hydrogen-bond acceptors (Lipinski definition) is 13. The van der Waals surface area contributed by atoms with E-state index in [1.165, 1.54) is 6.08 Å². The highest BCUT2D eigenvalue weighted by Gasteiger charge is 2.76. The molecule has 0 saturated heterocycles. The zero-order valence-electron chi connectivity index (χ0n) is 27.7. The molecule has 14 nitrogen and oxygen atoms in total. The molecule has 0 bridgehead atoms. The molecule has 0 aromatic rings. The first kappa shape index (κ1) is 37.5. The summed E-state index contributed by atoms with van der Waals surface area (Å²) in [6, 6.07) is -1.39. The Kier molecular flexibility index (Phi) is 11.1. The maximum Gasteiger partial charge on any atom is 0.323 e. The van der Waals surface area contributed by atoms with Crippen LogP contribution < -0.4 is 5.73 Å². The molecule has 0 aromatic heterocycles. The number of unbranched alkanes of at least 4 members (excludes halogenated alkanes) is 1. The van der Waals surface area contributed by atoms with E-state index in [4.69, 9.17) is 31.5 Å². The van der Waals surface area contributed by atoms with Gasteiger partial charge in [-0.1, -0.05) is 45.4 Å². The van der Waals surface area contributed by atoms with Gasteiger partial charge in [-0.05, 0) is 50.0 Å². The molecule has 0 heterocycles. The predicted molar refractivity (Wildman–Crippen MR) is 168 cm³/mol. The molecule has 4 aliphatic rings. The second-order valence-corrected chi connectivity index (χ2v) is 14.4. The third kappa shape index (κ3) is 6.38. The maximum atomic E-state index is 14.3. The van der Waals surface area contributed by atoms with E-state index in [-0.39, 0.29) is 62.9 Å². The van der Waals surface area contributed by atoms with Gasteiger partial charge in [-0.25, -0.2) is 0 Å². The van der Waals surface area contributed by atoms with Gasteiger partial charge < -0.3 is 29.9 Å². The zero-order valence-corrected chi connectivity index (χ0v) is 28.5. The Morgan fingerprint density at radius 3 is 2.50 bits per heavy atom. The topological polar surface area (TPSA) is 212 Å². The van der Waals surface area contributed by atoms with Gasteiger partial charge in [0.05, 0.1) is 30.6 Å². The molecule has 0 aromatic carbocycles. The Morgan fingerprint density at radius 2 is 1.83 bits per heavy atom. The molecule has 2 saturated carbocycles. The number of ether oxygens (including phenoxy) is 3. The van der Waals surface area contributed by atoms with Crippen LogP contribution >= 0.6 is 11.6 Å². The van der Waals surface area contributed by atoms with Crippen molar-refractivity contribution in [3.63, 3.8) is 0 Å². The van der Waals surface area contributed by atoms with Crippen molar-refractivity contribution in [3.05, 3.63) is 33.9 Å². The highest BCUT2D eigenvalue weighted by atomic mass is 35.5. The first-order chi connectivity index (χ1) is 22.5. The SMILES string of the molecule is CCC(=O)O[C@]1(C(=O)COC(=O)CC(N)C(=O)OCCCCO[N+](=O)[O-])[C@@H](C)C[C@H]2[C@@H]3CC=C4CC(=O)C=C[C@]4(C)[C@@]3(Cl)[C@@H](O)C[C@@]21C. The van der Waals surface area contributed by atoms with Crippen molar-refractivity contribution < 1.29 is 53.2 Å². The van der Waals surface area contributed by atoms with Gasteiger partial charge >= 0.3 is 17.9 Å². The second-order valence-electron chi connectivity index (χ2n) is 13.8. The predicted octanol–water partition coefficient (Wildman–Crippen LogP) is 2.93. The molecule has 0 amide bonds. The average molecular weight is 697 g/mol. The molecule has 3 N–H and O–H groups in total. The van der Waals surface area contributed by atoms with E-state index >= 15 is 0 Å². The normalized spacial score (nSPS) is 35.6. The number of esters is 3. The van der Waals surface area contributed by atoms with Gasteiger partial charge in [0.1, 0.15) is 6.04 Å². The number of hydrogen-bond donors (Lipinski definition) is 2. The molecule has 2 fully saturated rings. The molecule has 0 spiro atoms. The van der Waals surface area contributed by atoms with Crippen LogP contribution in [-0.4, -0.2) is 82.1 Å². The van der Waals surface area contributed by atoms with Gasteiger partial charge in [0.2, 0.25) is 5.78 Å². The van der Waals surface area contributed by atoms with Gasteiger partial charge in [-0.15, -0.1) is 21.7 Å². The van der Waals surface area contributed by atoms with Crippen molar-refractivity contribution in [1.29, 1.82) is 0 Å². The minimum atomic E-state index is -1.76. The van der Waals surface area contributed by atoms with E-state index in [9.17, 15) is 39.2 Å². The number of allylic oxidation sites excluding steroid dienone is 4. The fraction of sp³-hybridized carbons (Fsp3) is 0.727. The number of Topliss-reactive ketones (excluding diaryl/α,β-unsaturated/α-hetero) is 1. The molecule has 4 rings (SSSR count). The minimum Gasteiger partial charge on any atom is -0.465 e. The van der Waals surface area contributed by atoms with Gasteiger partial charge in [-0.2, -0.15) is 0 Å². The van der Waals surface area contributed by atoms with E-state index < -0.39 is 81.2 Å². The highest BCUT2D eigenvalue weighted by molar-refractivity contribution is 6.26. The van der Waals surface area contributed by atoms with Gasteiger partial charge in [-0.3, -0.25) is 24.0 Å². The summed E-state index contributed by atoms with van der Waals surface area (Å²) < 4.78 is 16.4. The number of aliphatic hydroxyl groups is 1. The van der Waals surface area contributed by atoms with Gasteiger partial charge in [0.25, 0.3) is 5.09 Å². The highest BCUT2D eigenvalue weighted by Crippen LogP contribution is 2.71. The van der Waals surface area contributed by atoms with Crippen LogP contribution in [0.5, 0.6) is 0 Å². The van der Waals surface area contributed by atoms with Gasteiger partial charge in [0, 0.05) is 29.6 Å². The summed E-state index contributed by atoms with van der Waals surface area (Å²) in [7, 11) is 0. The van der Waals surface area contributed by atoms with E-state index in [0.717, 1.165) is 5.57 Å². The lowest BCUT2D eigenvalue weighted by atomic mass is 9.46. The molecule has 266 valence electrons. The maximum absolute atomic E-state index is 14.3. The number of nitrogens with zero attached hydrogens (tertiary/aromatic N) is 1. The Hall–Kier alpha value is -3.36. The molecule has 15 heteroatoms. The number of ketones is 2. The second kappa shape index (κ2) is 14.2. The lowest BCUT2D eigenvalue weighted by Crippen LogP contribution is -2.69. The summed E-state index contributed by atoms with van der Waals surface area (Å²) in [6.45, 7) is 6.13. The van der Waals surface area contributed by atoms with Crippen LogP contribution in [0.2, 0.25) is 0 Å². The number of aliphatic hydroxyl groups excluding tert-OH is 1. The third-order valence-corrected chi connectivity index (χ3v) is 12.1. The average Bonchev–Trinajstić information content (AvgIpc) is 3.24. The van der Waals surface area contributed by atoms with Crippen LogP contribution in [0.4, 0.5) is 0 Å². The number of nitrogens with two attached hydrogens (primary N) is 1. The van der Waals surface area contributed by atoms with E-state index in [0.29, 0.717) is 12.8 Å². The summed E-state index contributed by atoms with van der Waals surface area (Å²) in [5.41, 5.74) is 3.00. The Morgan fingerprint density at radius 1 is 1.15 bits per heavy atom. The summed E-state index contributed by atoms with van der Waals surface area (Å²) in [5.74, 6) is -4.31. The summed E-state index contributed by atoms with van der Waals surface area (Å²) in [5, 5.41) is 21.2. The first-order valence-corrected chi connectivity index (χ1v) is 16.7. The largest absolute Gasteiger partial charge is 0.465 e. The van der Waals surface area contributed by atoms with Crippen molar-refractivity contribution in [2.75, 3.05) is 19.8 Å². The standard InChI is InChI=1S/C33H45ClN2O12/c1-5-27(40)48-33(26(39)18-46-28(41)16-24(35)29(42)45-12-6-7-13-47-36(43)44)19(2)14-23-22-9-8-20-15-21(37)10-11-30(20,3)32(22,34)25(38)17-31(23,33)4/h8,10-11,19,22-25,38H,5-7,9,12-18,35H2,1-4H3/t19-,22-,23-,24?,25-,30-,31-,32-,33-/m0/s1. The van der Waals surface area contributed by atoms with Crippen LogP contribution in [0.3, 0.4) is 0 Å². The number of carbonyl (C=O) groups is 5.